The summed E-state index contributed by atoms with van der Waals surface area (Å²) in [7, 11) is 0. The van der Waals surface area contributed by atoms with Gasteiger partial charge in [0.1, 0.15) is 53.0 Å². The zero-order valence-corrected chi connectivity index (χ0v) is 16.1. The molecule has 1 aliphatic rings. The van der Waals surface area contributed by atoms with Crippen molar-refractivity contribution in [2.24, 2.45) is 0 Å². The first kappa shape index (κ1) is 22.5. The molecular formula is C21H22O10. The number of rotatable bonds is 6. The molecule has 1 aliphatic heterocycles. The summed E-state index contributed by atoms with van der Waals surface area (Å²) in [5.41, 5.74) is 0.212. The summed E-state index contributed by atoms with van der Waals surface area (Å²) in [5.74, 6) is -1.94. The average molecular weight is 434 g/mol. The second-order valence-electron chi connectivity index (χ2n) is 6.94. The van der Waals surface area contributed by atoms with Gasteiger partial charge in [-0.1, -0.05) is 18.2 Å². The van der Waals surface area contributed by atoms with Gasteiger partial charge in [0.25, 0.3) is 0 Å². The summed E-state index contributed by atoms with van der Waals surface area (Å²) < 4.78 is 10.7. The Hall–Kier alpha value is -3.15. The molecule has 0 amide bonds. The zero-order valence-electron chi connectivity index (χ0n) is 16.1. The van der Waals surface area contributed by atoms with Crippen LogP contribution < -0.4 is 4.74 Å². The van der Waals surface area contributed by atoms with E-state index >= 15 is 0 Å². The lowest BCUT2D eigenvalue weighted by Gasteiger charge is -2.39. The van der Waals surface area contributed by atoms with E-state index in [9.17, 15) is 40.5 Å². The van der Waals surface area contributed by atoms with E-state index in [-0.39, 0.29) is 17.1 Å². The van der Waals surface area contributed by atoms with Gasteiger partial charge in [0, 0.05) is 12.1 Å². The van der Waals surface area contributed by atoms with Gasteiger partial charge in [-0.15, -0.1) is 0 Å². The van der Waals surface area contributed by atoms with Gasteiger partial charge in [0.2, 0.25) is 6.29 Å². The number of ketones is 1. The summed E-state index contributed by atoms with van der Waals surface area (Å²) in [6.07, 6.45) is -4.46. The molecule has 31 heavy (non-hydrogen) atoms. The van der Waals surface area contributed by atoms with Crippen molar-refractivity contribution in [2.45, 2.75) is 30.7 Å². The number of benzene rings is 2. The van der Waals surface area contributed by atoms with Gasteiger partial charge in [0.05, 0.1) is 6.61 Å². The highest BCUT2D eigenvalue weighted by atomic mass is 16.7. The highest BCUT2D eigenvalue weighted by Gasteiger charge is 2.44. The normalized spacial score (nSPS) is 26.1. The van der Waals surface area contributed by atoms with Crippen LogP contribution in [0, 0.1) is 0 Å². The predicted molar refractivity (Wildman–Crippen MR) is 106 cm³/mol. The molecule has 166 valence electrons. The van der Waals surface area contributed by atoms with Gasteiger partial charge < -0.3 is 45.2 Å². The monoisotopic (exact) mass is 434 g/mol. The van der Waals surface area contributed by atoms with Crippen molar-refractivity contribution >= 4 is 11.9 Å². The van der Waals surface area contributed by atoms with Crippen LogP contribution in [0.1, 0.15) is 15.9 Å². The lowest BCUT2D eigenvalue weighted by Crippen LogP contribution is -2.60. The van der Waals surface area contributed by atoms with Gasteiger partial charge in [-0.25, -0.2) is 0 Å². The molecule has 0 aliphatic carbocycles. The van der Waals surface area contributed by atoms with Gasteiger partial charge in [-0.3, -0.25) is 4.79 Å². The van der Waals surface area contributed by atoms with E-state index in [1.54, 1.807) is 12.1 Å². The van der Waals surface area contributed by atoms with Crippen molar-refractivity contribution in [1.82, 2.24) is 0 Å². The van der Waals surface area contributed by atoms with E-state index in [2.05, 4.69) is 0 Å². The van der Waals surface area contributed by atoms with E-state index in [0.29, 0.717) is 5.56 Å². The van der Waals surface area contributed by atoms with Crippen molar-refractivity contribution in [3.05, 3.63) is 53.6 Å². The SMILES string of the molecule is O=C(C=Cc1ccc(O[C@H]2O[C@@H](CO)[C@H](O)[C@@H](O)[C@H]2O)cc1)c1c(O)cc(O)cc1O. The first-order chi connectivity index (χ1) is 14.7. The topological polar surface area (TPSA) is 177 Å². The molecule has 10 heteroatoms. The molecular weight excluding hydrogens is 412 g/mol. The van der Waals surface area contributed by atoms with Crippen LogP contribution in [0.5, 0.6) is 23.0 Å². The average Bonchev–Trinajstić information content (AvgIpc) is 2.73. The Balaban J connectivity index is 1.67. The maximum atomic E-state index is 12.2. The van der Waals surface area contributed by atoms with Gasteiger partial charge in [0.15, 0.2) is 5.78 Å². The minimum Gasteiger partial charge on any atom is -0.508 e. The number of carbonyl (C=O) groups is 1. The van der Waals surface area contributed by atoms with E-state index in [0.717, 1.165) is 18.2 Å². The maximum Gasteiger partial charge on any atom is 0.229 e. The van der Waals surface area contributed by atoms with Crippen LogP contribution >= 0.6 is 0 Å². The van der Waals surface area contributed by atoms with Crippen LogP contribution in [0.15, 0.2) is 42.5 Å². The molecule has 0 bridgehead atoms. The summed E-state index contributed by atoms with van der Waals surface area (Å²) >= 11 is 0. The van der Waals surface area contributed by atoms with Crippen LogP contribution in [0.4, 0.5) is 0 Å². The molecule has 0 spiro atoms. The number of allylic oxidation sites excluding steroid dienone is 1. The van der Waals surface area contributed by atoms with E-state index in [1.807, 2.05) is 0 Å². The first-order valence-corrected chi connectivity index (χ1v) is 9.26. The number of ether oxygens (including phenoxy) is 2. The van der Waals surface area contributed by atoms with Crippen LogP contribution in [-0.4, -0.2) is 78.8 Å². The Labute approximate surface area is 176 Å². The highest BCUT2D eigenvalue weighted by molar-refractivity contribution is 6.10. The van der Waals surface area contributed by atoms with Crippen molar-refractivity contribution in [3.8, 4) is 23.0 Å². The molecule has 2 aromatic rings. The molecule has 0 radical (unpaired) electrons. The highest BCUT2D eigenvalue weighted by Crippen LogP contribution is 2.32. The minimum atomic E-state index is -1.56. The Bertz CT molecular complexity index is 930. The zero-order chi connectivity index (χ0) is 22.7. The summed E-state index contributed by atoms with van der Waals surface area (Å²) in [5, 5.41) is 67.6. The molecule has 5 atom stereocenters. The van der Waals surface area contributed by atoms with E-state index in [1.165, 1.54) is 18.2 Å². The lowest BCUT2D eigenvalue weighted by atomic mass is 9.99. The van der Waals surface area contributed by atoms with Gasteiger partial charge in [-0.2, -0.15) is 0 Å². The van der Waals surface area contributed by atoms with Gasteiger partial charge >= 0.3 is 0 Å². The Morgan fingerprint density at radius 2 is 1.58 bits per heavy atom. The Morgan fingerprint density at radius 1 is 0.968 bits per heavy atom. The number of phenolic OH excluding ortho intramolecular Hbond substituents is 3. The third kappa shape index (κ3) is 4.95. The Kier molecular flexibility index (Phi) is 6.78. The molecule has 1 heterocycles. The number of hydrogen-bond donors (Lipinski definition) is 7. The van der Waals surface area contributed by atoms with E-state index < -0.39 is 54.6 Å². The van der Waals surface area contributed by atoms with Crippen LogP contribution in [0.2, 0.25) is 0 Å². The van der Waals surface area contributed by atoms with Crippen molar-refractivity contribution < 1.29 is 50.0 Å². The third-order valence-corrected chi connectivity index (χ3v) is 4.74. The molecule has 0 saturated carbocycles. The summed E-state index contributed by atoms with van der Waals surface area (Å²) in [6.45, 7) is -0.575. The molecule has 3 rings (SSSR count). The lowest BCUT2D eigenvalue weighted by molar-refractivity contribution is -0.277. The number of carbonyl (C=O) groups excluding carboxylic acids is 1. The quantitative estimate of drug-likeness (QED) is 0.239. The number of aliphatic hydroxyl groups is 4. The van der Waals surface area contributed by atoms with Crippen molar-refractivity contribution in [3.63, 3.8) is 0 Å². The van der Waals surface area contributed by atoms with Crippen LogP contribution in [-0.2, 0) is 4.74 Å². The summed E-state index contributed by atoms with van der Waals surface area (Å²) in [6, 6.07) is 8.01. The maximum absolute atomic E-state index is 12.2. The smallest absolute Gasteiger partial charge is 0.229 e. The number of aliphatic hydroxyl groups excluding tert-OH is 4. The molecule has 1 fully saturated rings. The Morgan fingerprint density at radius 3 is 2.16 bits per heavy atom. The molecule has 10 nitrogen and oxygen atoms in total. The largest absolute Gasteiger partial charge is 0.508 e. The second-order valence-corrected chi connectivity index (χ2v) is 6.94. The van der Waals surface area contributed by atoms with E-state index in [4.69, 9.17) is 9.47 Å². The molecule has 1 saturated heterocycles. The summed E-state index contributed by atoms with van der Waals surface area (Å²) in [4.78, 5) is 12.2. The first-order valence-electron chi connectivity index (χ1n) is 9.26. The standard InChI is InChI=1S/C21H22O10/c22-9-16-18(27)19(28)20(29)21(31-16)30-12-4-1-10(2-5-12)3-6-13(24)17-14(25)7-11(23)8-15(17)26/h1-8,16,18-23,25-29H,9H2/t16-,18-,19+,20+,21-/m0/s1. The number of hydrogen-bond acceptors (Lipinski definition) is 10. The van der Waals surface area contributed by atoms with Crippen molar-refractivity contribution in [2.75, 3.05) is 6.61 Å². The molecule has 0 unspecified atom stereocenters. The molecule has 0 aromatic heterocycles. The molecule has 2 aromatic carbocycles. The second kappa shape index (κ2) is 9.33. The molecule has 7 N–H and O–H groups in total. The fourth-order valence-electron chi connectivity index (χ4n) is 3.06. The van der Waals surface area contributed by atoms with Gasteiger partial charge in [-0.05, 0) is 23.8 Å². The predicted octanol–water partition coefficient (Wildman–Crippen LogP) is -0.122. The fourth-order valence-corrected chi connectivity index (χ4v) is 3.06. The van der Waals surface area contributed by atoms with Crippen molar-refractivity contribution in [1.29, 1.82) is 0 Å². The minimum absolute atomic E-state index is 0.252. The number of aromatic hydroxyl groups is 3. The van der Waals surface area contributed by atoms with Crippen LogP contribution in [0.3, 0.4) is 0 Å². The fraction of sp³-hybridized carbons (Fsp3) is 0.286. The number of phenols is 3. The third-order valence-electron chi connectivity index (χ3n) is 4.74. The van der Waals surface area contributed by atoms with Crippen LogP contribution in [0.25, 0.3) is 6.08 Å².